The van der Waals surface area contributed by atoms with Crippen molar-refractivity contribution in [2.45, 2.75) is 19.9 Å². The fourth-order valence-corrected chi connectivity index (χ4v) is 2.89. The van der Waals surface area contributed by atoms with Gasteiger partial charge in [-0.05, 0) is 48.7 Å². The maximum absolute atomic E-state index is 12.9. The number of hydrogen-bond acceptors (Lipinski definition) is 2. The fraction of sp³-hybridized carbons (Fsp3) is 0.263. The number of nitrogens with zero attached hydrogens (tertiary/aromatic N) is 1. The second-order valence-electron chi connectivity index (χ2n) is 6.01. The first-order chi connectivity index (χ1) is 11.5. The van der Waals surface area contributed by atoms with E-state index in [4.69, 9.17) is 0 Å². The van der Waals surface area contributed by atoms with Crippen molar-refractivity contribution in [1.82, 2.24) is 5.32 Å². The summed E-state index contributed by atoms with van der Waals surface area (Å²) in [6.07, 6.45) is 0.502. The van der Waals surface area contributed by atoms with Gasteiger partial charge in [-0.15, -0.1) is 0 Å². The second kappa shape index (κ2) is 6.83. The van der Waals surface area contributed by atoms with Crippen LogP contribution >= 0.6 is 0 Å². The van der Waals surface area contributed by atoms with Crippen LogP contribution in [0, 0.1) is 18.7 Å². The van der Waals surface area contributed by atoms with Crippen molar-refractivity contribution in [2.24, 2.45) is 5.92 Å². The Balaban J connectivity index is 1.62. The van der Waals surface area contributed by atoms with Crippen molar-refractivity contribution >= 4 is 17.5 Å². The van der Waals surface area contributed by atoms with E-state index in [1.165, 1.54) is 12.1 Å². The van der Waals surface area contributed by atoms with Gasteiger partial charge in [-0.1, -0.05) is 24.3 Å². The Kier molecular flexibility index (Phi) is 4.60. The van der Waals surface area contributed by atoms with E-state index in [2.05, 4.69) is 5.32 Å². The minimum Gasteiger partial charge on any atom is -0.351 e. The molecule has 5 heteroatoms. The molecule has 0 aromatic heterocycles. The number of anilines is 1. The molecule has 124 valence electrons. The molecule has 1 aliphatic rings. The van der Waals surface area contributed by atoms with E-state index in [0.29, 0.717) is 13.0 Å². The molecule has 2 amide bonds. The molecular formula is C19H19FN2O2. The van der Waals surface area contributed by atoms with Crippen molar-refractivity contribution in [3.8, 4) is 0 Å². The van der Waals surface area contributed by atoms with Crippen molar-refractivity contribution < 1.29 is 14.0 Å². The Morgan fingerprint density at radius 2 is 2.00 bits per heavy atom. The molecule has 0 aliphatic carbocycles. The van der Waals surface area contributed by atoms with Crippen LogP contribution in [-0.2, 0) is 16.1 Å². The number of rotatable bonds is 4. The summed E-state index contributed by atoms with van der Waals surface area (Å²) in [6.45, 7) is 2.79. The highest BCUT2D eigenvalue weighted by atomic mass is 19.1. The summed E-state index contributed by atoms with van der Waals surface area (Å²) < 4.78 is 12.9. The zero-order chi connectivity index (χ0) is 17.1. The van der Waals surface area contributed by atoms with E-state index in [-0.39, 0.29) is 24.2 Å². The van der Waals surface area contributed by atoms with E-state index < -0.39 is 5.92 Å². The molecule has 24 heavy (non-hydrogen) atoms. The van der Waals surface area contributed by atoms with Crippen molar-refractivity contribution in [3.05, 3.63) is 65.5 Å². The lowest BCUT2D eigenvalue weighted by Gasteiger charge is -2.17. The molecule has 2 aromatic carbocycles. The van der Waals surface area contributed by atoms with Crippen LogP contribution in [0.5, 0.6) is 0 Å². The van der Waals surface area contributed by atoms with Crippen LogP contribution in [0.2, 0.25) is 0 Å². The maximum atomic E-state index is 12.9. The molecule has 1 N–H and O–H groups in total. The smallest absolute Gasteiger partial charge is 0.239 e. The number of nitrogens with one attached hydrogen (secondary N) is 1. The molecule has 1 unspecified atom stereocenters. The van der Waals surface area contributed by atoms with Gasteiger partial charge in [0.1, 0.15) is 11.7 Å². The van der Waals surface area contributed by atoms with E-state index in [1.807, 2.05) is 31.2 Å². The predicted molar refractivity (Wildman–Crippen MR) is 89.9 cm³/mol. The van der Waals surface area contributed by atoms with Gasteiger partial charge in [-0.25, -0.2) is 4.39 Å². The summed E-state index contributed by atoms with van der Waals surface area (Å²) >= 11 is 0. The third kappa shape index (κ3) is 3.45. The van der Waals surface area contributed by atoms with Gasteiger partial charge in [0.15, 0.2) is 0 Å². The maximum Gasteiger partial charge on any atom is 0.239 e. The van der Waals surface area contributed by atoms with E-state index in [0.717, 1.165) is 16.8 Å². The summed E-state index contributed by atoms with van der Waals surface area (Å²) in [5.74, 6) is -1.42. The first kappa shape index (κ1) is 16.2. The first-order valence-corrected chi connectivity index (χ1v) is 7.95. The van der Waals surface area contributed by atoms with Gasteiger partial charge in [0.2, 0.25) is 11.8 Å². The van der Waals surface area contributed by atoms with Crippen molar-refractivity contribution in [3.63, 3.8) is 0 Å². The summed E-state index contributed by atoms with van der Waals surface area (Å²) in [6, 6.07) is 13.6. The third-order valence-corrected chi connectivity index (χ3v) is 4.22. The van der Waals surface area contributed by atoms with Gasteiger partial charge in [-0.3, -0.25) is 9.59 Å². The van der Waals surface area contributed by atoms with Gasteiger partial charge in [0.05, 0.1) is 0 Å². The molecule has 4 nitrogen and oxygen atoms in total. The number of halogens is 1. The molecule has 1 saturated heterocycles. The molecule has 1 heterocycles. The molecule has 0 radical (unpaired) electrons. The summed E-state index contributed by atoms with van der Waals surface area (Å²) in [5, 5.41) is 2.77. The van der Waals surface area contributed by atoms with Crippen LogP contribution in [0.3, 0.4) is 0 Å². The minimum atomic E-state index is -0.661. The van der Waals surface area contributed by atoms with Crippen LogP contribution in [0.25, 0.3) is 0 Å². The Morgan fingerprint density at radius 1 is 1.25 bits per heavy atom. The van der Waals surface area contributed by atoms with E-state index in [9.17, 15) is 14.0 Å². The number of carbonyl (C=O) groups excluding carboxylic acids is 2. The van der Waals surface area contributed by atoms with Crippen LogP contribution in [-0.4, -0.2) is 18.4 Å². The number of hydrogen-bond donors (Lipinski definition) is 1. The highest BCUT2D eigenvalue weighted by molar-refractivity contribution is 6.09. The fourth-order valence-electron chi connectivity index (χ4n) is 2.89. The Hall–Kier alpha value is -2.69. The van der Waals surface area contributed by atoms with Gasteiger partial charge in [0.25, 0.3) is 0 Å². The Labute approximate surface area is 140 Å². The Bertz CT molecular complexity index is 758. The first-order valence-electron chi connectivity index (χ1n) is 7.95. The standard InChI is InChI=1S/C19H19FN2O2/c1-13-3-2-4-16(11-13)22-10-9-17(19(22)24)18(23)21-12-14-5-7-15(20)8-6-14/h2-8,11,17H,9-10,12H2,1H3,(H,21,23). The highest BCUT2D eigenvalue weighted by Crippen LogP contribution is 2.26. The van der Waals surface area contributed by atoms with E-state index >= 15 is 0 Å². The van der Waals surface area contributed by atoms with Gasteiger partial charge in [-0.2, -0.15) is 0 Å². The average molecular weight is 326 g/mol. The van der Waals surface area contributed by atoms with Crippen molar-refractivity contribution in [2.75, 3.05) is 11.4 Å². The zero-order valence-corrected chi connectivity index (χ0v) is 13.5. The molecule has 0 bridgehead atoms. The number of amides is 2. The topological polar surface area (TPSA) is 49.4 Å². The molecule has 0 spiro atoms. The van der Waals surface area contributed by atoms with Crippen LogP contribution in [0.4, 0.5) is 10.1 Å². The number of benzene rings is 2. The van der Waals surface area contributed by atoms with E-state index in [1.54, 1.807) is 17.0 Å². The largest absolute Gasteiger partial charge is 0.351 e. The van der Waals surface area contributed by atoms with Crippen LogP contribution in [0.1, 0.15) is 17.5 Å². The molecule has 0 saturated carbocycles. The molecular weight excluding hydrogens is 307 g/mol. The van der Waals surface area contributed by atoms with Crippen LogP contribution in [0.15, 0.2) is 48.5 Å². The highest BCUT2D eigenvalue weighted by Gasteiger charge is 2.37. The third-order valence-electron chi connectivity index (χ3n) is 4.22. The van der Waals surface area contributed by atoms with Crippen LogP contribution < -0.4 is 10.2 Å². The number of aryl methyl sites for hydroxylation is 1. The number of carbonyl (C=O) groups is 2. The normalized spacial score (nSPS) is 17.2. The van der Waals surface area contributed by atoms with Gasteiger partial charge >= 0.3 is 0 Å². The van der Waals surface area contributed by atoms with Gasteiger partial charge in [0, 0.05) is 18.8 Å². The molecule has 2 aromatic rings. The molecule has 3 rings (SSSR count). The molecule has 1 fully saturated rings. The summed E-state index contributed by atoms with van der Waals surface area (Å²) in [4.78, 5) is 26.5. The van der Waals surface area contributed by atoms with Gasteiger partial charge < -0.3 is 10.2 Å². The SMILES string of the molecule is Cc1cccc(N2CCC(C(=O)NCc3ccc(F)cc3)C2=O)c1. The lowest BCUT2D eigenvalue weighted by atomic mass is 10.1. The van der Waals surface area contributed by atoms with Crippen molar-refractivity contribution in [1.29, 1.82) is 0 Å². The quantitative estimate of drug-likeness (QED) is 0.879. The molecule has 1 atom stereocenters. The average Bonchev–Trinajstić information content (AvgIpc) is 2.96. The monoisotopic (exact) mass is 326 g/mol. The molecule has 1 aliphatic heterocycles. The Morgan fingerprint density at radius 3 is 2.71 bits per heavy atom. The summed E-state index contributed by atoms with van der Waals surface area (Å²) in [5.41, 5.74) is 2.70. The summed E-state index contributed by atoms with van der Waals surface area (Å²) in [7, 11) is 0. The predicted octanol–water partition coefficient (Wildman–Crippen LogP) is 2.80. The zero-order valence-electron chi connectivity index (χ0n) is 13.5. The minimum absolute atomic E-state index is 0.169. The lowest BCUT2D eigenvalue weighted by molar-refractivity contribution is -0.132. The lowest BCUT2D eigenvalue weighted by Crippen LogP contribution is -2.36. The second-order valence-corrected chi connectivity index (χ2v) is 6.01.